The van der Waals surface area contributed by atoms with Gasteiger partial charge in [0.25, 0.3) is 0 Å². The van der Waals surface area contributed by atoms with Crippen molar-refractivity contribution in [2.75, 3.05) is 12.3 Å². The molecule has 0 aliphatic heterocycles. The summed E-state index contributed by atoms with van der Waals surface area (Å²) in [5, 5.41) is 9.35. The molecule has 23 heavy (non-hydrogen) atoms. The molecule has 2 aromatic heterocycles. The molecule has 1 aromatic carbocycles. The summed E-state index contributed by atoms with van der Waals surface area (Å²) in [5.41, 5.74) is 9.57. The highest BCUT2D eigenvalue weighted by molar-refractivity contribution is 5.78. The molecule has 3 aromatic rings. The lowest BCUT2D eigenvalue weighted by Crippen LogP contribution is -2.00. The number of nitrogen functional groups attached to an aromatic ring is 1. The summed E-state index contributed by atoms with van der Waals surface area (Å²) in [6.07, 6.45) is 1.81. The number of rotatable bonds is 4. The van der Waals surface area contributed by atoms with Gasteiger partial charge in [0.1, 0.15) is 23.2 Å². The van der Waals surface area contributed by atoms with E-state index in [-0.39, 0.29) is 5.82 Å². The van der Waals surface area contributed by atoms with Crippen LogP contribution in [0.15, 0.2) is 48.7 Å². The van der Waals surface area contributed by atoms with E-state index in [2.05, 4.69) is 16.0 Å². The van der Waals surface area contributed by atoms with Crippen LogP contribution in [0.4, 0.5) is 5.82 Å². The second-order valence-corrected chi connectivity index (χ2v) is 4.97. The number of aromatic amines is 1. The maximum absolute atomic E-state index is 9.35. The van der Waals surface area contributed by atoms with Gasteiger partial charge in [-0.3, -0.25) is 0 Å². The Kier molecular flexibility index (Phi) is 3.98. The maximum atomic E-state index is 9.35. The van der Waals surface area contributed by atoms with Crippen molar-refractivity contribution in [2.45, 2.75) is 6.92 Å². The molecule has 0 saturated heterocycles. The number of benzene rings is 1. The van der Waals surface area contributed by atoms with Crippen molar-refractivity contribution in [1.29, 1.82) is 5.26 Å². The Morgan fingerprint density at radius 1 is 1.26 bits per heavy atom. The normalized spacial score (nSPS) is 10.3. The summed E-state index contributed by atoms with van der Waals surface area (Å²) < 4.78 is 5.45. The van der Waals surface area contributed by atoms with E-state index in [0.717, 1.165) is 22.6 Å². The van der Waals surface area contributed by atoms with Gasteiger partial charge < -0.3 is 15.5 Å². The molecule has 0 aliphatic rings. The standard InChI is InChI=1S/C18H16N4O/c1-2-23-13-7-5-12(6-8-13)17-10-14(16-4-3-9-21-16)15(11-19)18(20)22-17/h3-10,21H,2H2,1H3,(H2,20,22). The van der Waals surface area contributed by atoms with Crippen LogP contribution in [-0.4, -0.2) is 16.6 Å². The number of hydrogen-bond donors (Lipinski definition) is 2. The highest BCUT2D eigenvalue weighted by Gasteiger charge is 2.13. The van der Waals surface area contributed by atoms with Crippen LogP contribution in [0.1, 0.15) is 12.5 Å². The van der Waals surface area contributed by atoms with Gasteiger partial charge in [0.2, 0.25) is 0 Å². The minimum absolute atomic E-state index is 0.225. The average molecular weight is 304 g/mol. The Balaban J connectivity index is 2.09. The highest BCUT2D eigenvalue weighted by atomic mass is 16.5. The summed E-state index contributed by atoms with van der Waals surface area (Å²) in [6.45, 7) is 2.57. The lowest BCUT2D eigenvalue weighted by Gasteiger charge is -2.10. The number of nitriles is 1. The molecule has 0 saturated carbocycles. The maximum Gasteiger partial charge on any atom is 0.142 e. The van der Waals surface area contributed by atoms with E-state index in [0.29, 0.717) is 17.9 Å². The summed E-state index contributed by atoms with van der Waals surface area (Å²) in [7, 11) is 0. The summed E-state index contributed by atoms with van der Waals surface area (Å²) in [6, 6.07) is 15.4. The number of hydrogen-bond acceptors (Lipinski definition) is 4. The van der Waals surface area contributed by atoms with Crippen LogP contribution >= 0.6 is 0 Å². The van der Waals surface area contributed by atoms with Crippen LogP contribution in [0, 0.1) is 11.3 Å². The number of ether oxygens (including phenoxy) is 1. The molecule has 0 atom stereocenters. The molecule has 3 N–H and O–H groups in total. The van der Waals surface area contributed by atoms with Crippen LogP contribution in [0.25, 0.3) is 22.5 Å². The first-order valence-electron chi connectivity index (χ1n) is 7.30. The molecule has 0 fully saturated rings. The lowest BCUT2D eigenvalue weighted by atomic mass is 10.0. The van der Waals surface area contributed by atoms with E-state index in [9.17, 15) is 5.26 Å². The van der Waals surface area contributed by atoms with Crippen molar-refractivity contribution in [1.82, 2.24) is 9.97 Å². The first-order valence-corrected chi connectivity index (χ1v) is 7.30. The third-order valence-corrected chi connectivity index (χ3v) is 3.51. The topological polar surface area (TPSA) is 87.7 Å². The molecule has 3 rings (SSSR count). The second kappa shape index (κ2) is 6.24. The smallest absolute Gasteiger partial charge is 0.142 e. The van der Waals surface area contributed by atoms with E-state index >= 15 is 0 Å². The fourth-order valence-electron chi connectivity index (χ4n) is 2.43. The largest absolute Gasteiger partial charge is 0.494 e. The second-order valence-electron chi connectivity index (χ2n) is 4.97. The van der Waals surface area contributed by atoms with Crippen molar-refractivity contribution in [3.05, 3.63) is 54.2 Å². The third kappa shape index (κ3) is 2.87. The van der Waals surface area contributed by atoms with E-state index in [1.54, 1.807) is 0 Å². The van der Waals surface area contributed by atoms with Crippen molar-refractivity contribution in [3.8, 4) is 34.3 Å². The van der Waals surface area contributed by atoms with E-state index in [1.807, 2.05) is 55.6 Å². The van der Waals surface area contributed by atoms with Crippen LogP contribution in [-0.2, 0) is 0 Å². The molecule has 0 amide bonds. The molecule has 0 spiro atoms. The SMILES string of the molecule is CCOc1ccc(-c2cc(-c3ccc[nH]3)c(C#N)c(N)n2)cc1. The number of aromatic nitrogens is 2. The van der Waals surface area contributed by atoms with E-state index in [1.165, 1.54) is 0 Å². The predicted octanol–water partition coefficient (Wildman–Crippen LogP) is 3.60. The molecular weight excluding hydrogens is 288 g/mol. The number of pyridine rings is 1. The average Bonchev–Trinajstić information content (AvgIpc) is 3.09. The van der Waals surface area contributed by atoms with Crippen LogP contribution in [0.2, 0.25) is 0 Å². The van der Waals surface area contributed by atoms with E-state index in [4.69, 9.17) is 10.5 Å². The first-order chi connectivity index (χ1) is 11.2. The Morgan fingerprint density at radius 3 is 2.65 bits per heavy atom. The minimum Gasteiger partial charge on any atom is -0.494 e. The van der Waals surface area contributed by atoms with Crippen molar-refractivity contribution in [3.63, 3.8) is 0 Å². The van der Waals surface area contributed by atoms with Gasteiger partial charge in [0.15, 0.2) is 0 Å². The van der Waals surface area contributed by atoms with Gasteiger partial charge in [-0.15, -0.1) is 0 Å². The molecular formula is C18H16N4O. The molecule has 2 heterocycles. The number of nitrogens with zero attached hydrogens (tertiary/aromatic N) is 2. The first kappa shape index (κ1) is 14.7. The van der Waals surface area contributed by atoms with Gasteiger partial charge in [-0.2, -0.15) is 5.26 Å². The monoisotopic (exact) mass is 304 g/mol. The summed E-state index contributed by atoms with van der Waals surface area (Å²) >= 11 is 0. The zero-order chi connectivity index (χ0) is 16.2. The fourth-order valence-corrected chi connectivity index (χ4v) is 2.43. The molecule has 0 unspecified atom stereocenters. The van der Waals surface area contributed by atoms with Crippen molar-refractivity contribution >= 4 is 5.82 Å². The van der Waals surface area contributed by atoms with Crippen molar-refractivity contribution in [2.24, 2.45) is 0 Å². The summed E-state index contributed by atoms with van der Waals surface area (Å²) in [5.74, 6) is 1.03. The van der Waals surface area contributed by atoms with Crippen LogP contribution in [0.5, 0.6) is 5.75 Å². The highest BCUT2D eigenvalue weighted by Crippen LogP contribution is 2.30. The van der Waals surface area contributed by atoms with Crippen LogP contribution in [0.3, 0.4) is 0 Å². The Hall–Kier alpha value is -3.26. The molecule has 5 heteroatoms. The Morgan fingerprint density at radius 2 is 2.04 bits per heavy atom. The molecule has 0 bridgehead atoms. The van der Waals surface area contributed by atoms with E-state index < -0.39 is 0 Å². The Bertz CT molecular complexity index is 846. The van der Waals surface area contributed by atoms with Gasteiger partial charge in [-0.25, -0.2) is 4.98 Å². The lowest BCUT2D eigenvalue weighted by molar-refractivity contribution is 0.340. The third-order valence-electron chi connectivity index (χ3n) is 3.51. The van der Waals surface area contributed by atoms with Gasteiger partial charge in [0.05, 0.1) is 12.3 Å². The zero-order valence-corrected chi connectivity index (χ0v) is 12.7. The van der Waals surface area contributed by atoms with Crippen molar-refractivity contribution < 1.29 is 4.74 Å². The quantitative estimate of drug-likeness (QED) is 0.771. The summed E-state index contributed by atoms with van der Waals surface area (Å²) in [4.78, 5) is 7.47. The predicted molar refractivity (Wildman–Crippen MR) is 89.8 cm³/mol. The van der Waals surface area contributed by atoms with Gasteiger partial charge in [-0.1, -0.05) is 0 Å². The van der Waals surface area contributed by atoms with Gasteiger partial charge in [-0.05, 0) is 49.4 Å². The fraction of sp³-hybridized carbons (Fsp3) is 0.111. The molecule has 5 nitrogen and oxygen atoms in total. The zero-order valence-electron chi connectivity index (χ0n) is 12.7. The van der Waals surface area contributed by atoms with Gasteiger partial charge >= 0.3 is 0 Å². The molecule has 114 valence electrons. The van der Waals surface area contributed by atoms with Gasteiger partial charge in [0, 0.05) is 23.0 Å². The number of anilines is 1. The molecule has 0 aliphatic carbocycles. The number of nitrogens with one attached hydrogen (secondary N) is 1. The van der Waals surface area contributed by atoms with Crippen LogP contribution < -0.4 is 10.5 Å². The Labute approximate surface area is 134 Å². The minimum atomic E-state index is 0.225. The number of H-pyrrole nitrogens is 1. The number of nitrogens with two attached hydrogens (primary N) is 1. The molecule has 0 radical (unpaired) electrons.